The number of imidazole rings is 1. The maximum atomic E-state index is 11.8. The highest BCUT2D eigenvalue weighted by Crippen LogP contribution is 2.10. The van der Waals surface area contributed by atoms with Crippen molar-refractivity contribution in [2.75, 3.05) is 0 Å². The lowest BCUT2D eigenvalue weighted by Gasteiger charge is -2.08. The number of hydrogen-bond acceptors (Lipinski definition) is 2. The fourth-order valence-corrected chi connectivity index (χ4v) is 1.73. The van der Waals surface area contributed by atoms with Gasteiger partial charge in [-0.1, -0.05) is 27.2 Å². The monoisotopic (exact) mass is 222 g/mol. The van der Waals surface area contributed by atoms with E-state index in [-0.39, 0.29) is 0 Å². The van der Waals surface area contributed by atoms with E-state index < -0.39 is 0 Å². The van der Waals surface area contributed by atoms with Crippen molar-refractivity contribution < 1.29 is 4.79 Å². The Morgan fingerprint density at radius 1 is 1.50 bits per heavy atom. The molecule has 0 aliphatic rings. The summed E-state index contributed by atoms with van der Waals surface area (Å²) >= 11 is 0. The molecule has 0 fully saturated rings. The number of Topliss-reactive ketones (excluding diaryl/α,β-unsaturated/α-hetero) is 1. The molecule has 90 valence electrons. The van der Waals surface area contributed by atoms with Crippen molar-refractivity contribution in [1.82, 2.24) is 9.55 Å². The van der Waals surface area contributed by atoms with Crippen molar-refractivity contribution in [1.29, 1.82) is 0 Å². The van der Waals surface area contributed by atoms with Crippen molar-refractivity contribution in [2.45, 2.75) is 53.0 Å². The van der Waals surface area contributed by atoms with Crippen molar-refractivity contribution in [2.24, 2.45) is 5.92 Å². The first-order valence-corrected chi connectivity index (χ1v) is 6.19. The van der Waals surface area contributed by atoms with Crippen molar-refractivity contribution in [3.8, 4) is 0 Å². The van der Waals surface area contributed by atoms with Gasteiger partial charge in [0.15, 0.2) is 0 Å². The third-order valence-corrected chi connectivity index (χ3v) is 2.89. The van der Waals surface area contributed by atoms with E-state index in [9.17, 15) is 4.79 Å². The quantitative estimate of drug-likeness (QED) is 0.711. The Morgan fingerprint density at radius 2 is 2.25 bits per heavy atom. The number of nitrogens with zero attached hydrogens (tertiary/aromatic N) is 2. The Balaban J connectivity index is 2.52. The lowest BCUT2D eigenvalue weighted by molar-refractivity contribution is -0.119. The summed E-state index contributed by atoms with van der Waals surface area (Å²) in [7, 11) is 0. The maximum absolute atomic E-state index is 11.8. The Kier molecular flexibility index (Phi) is 5.23. The largest absolute Gasteiger partial charge is 0.335 e. The summed E-state index contributed by atoms with van der Waals surface area (Å²) in [6.45, 7) is 7.32. The van der Waals surface area contributed by atoms with E-state index in [2.05, 4.69) is 30.3 Å². The topological polar surface area (TPSA) is 34.9 Å². The molecule has 0 aliphatic heterocycles. The molecule has 0 radical (unpaired) electrons. The predicted octanol–water partition coefficient (Wildman–Crippen LogP) is 2.84. The number of rotatable bonds is 7. The van der Waals surface area contributed by atoms with Crippen LogP contribution in [0.2, 0.25) is 0 Å². The highest BCUT2D eigenvalue weighted by atomic mass is 16.1. The van der Waals surface area contributed by atoms with Gasteiger partial charge in [-0.25, -0.2) is 4.98 Å². The van der Waals surface area contributed by atoms with Gasteiger partial charge in [-0.15, -0.1) is 0 Å². The fraction of sp³-hybridized carbons (Fsp3) is 0.692. The summed E-state index contributed by atoms with van der Waals surface area (Å²) < 4.78 is 2.08. The van der Waals surface area contributed by atoms with Gasteiger partial charge < -0.3 is 4.57 Å². The van der Waals surface area contributed by atoms with Crippen LogP contribution >= 0.6 is 0 Å². The molecule has 1 heterocycles. The van der Waals surface area contributed by atoms with E-state index in [0.29, 0.717) is 24.5 Å². The minimum atomic E-state index is 0.304. The summed E-state index contributed by atoms with van der Waals surface area (Å²) in [5.41, 5.74) is 0. The zero-order valence-corrected chi connectivity index (χ0v) is 10.6. The van der Waals surface area contributed by atoms with Crippen molar-refractivity contribution >= 4 is 5.78 Å². The van der Waals surface area contributed by atoms with Crippen LogP contribution in [0.25, 0.3) is 0 Å². The third-order valence-electron chi connectivity index (χ3n) is 2.89. The lowest BCUT2D eigenvalue weighted by Crippen LogP contribution is -2.12. The molecule has 1 atom stereocenters. The van der Waals surface area contributed by atoms with Crippen LogP contribution in [0.4, 0.5) is 0 Å². The minimum absolute atomic E-state index is 0.304. The molecule has 0 N–H and O–H groups in total. The van der Waals surface area contributed by atoms with Crippen molar-refractivity contribution in [3.63, 3.8) is 0 Å². The first-order valence-electron chi connectivity index (χ1n) is 6.19. The molecule has 0 aromatic carbocycles. The maximum Gasteiger partial charge on any atom is 0.140 e. The van der Waals surface area contributed by atoms with Crippen LogP contribution in [-0.4, -0.2) is 15.3 Å². The zero-order valence-electron chi connectivity index (χ0n) is 10.6. The van der Waals surface area contributed by atoms with Gasteiger partial charge in [0, 0.05) is 25.4 Å². The molecule has 16 heavy (non-hydrogen) atoms. The van der Waals surface area contributed by atoms with E-state index in [4.69, 9.17) is 0 Å². The smallest absolute Gasteiger partial charge is 0.140 e. The fourth-order valence-electron chi connectivity index (χ4n) is 1.73. The van der Waals surface area contributed by atoms with Crippen LogP contribution in [-0.2, 0) is 17.8 Å². The van der Waals surface area contributed by atoms with Gasteiger partial charge in [0.2, 0.25) is 0 Å². The van der Waals surface area contributed by atoms with Gasteiger partial charge in [0.25, 0.3) is 0 Å². The molecule has 3 nitrogen and oxygen atoms in total. The van der Waals surface area contributed by atoms with E-state index in [1.807, 2.05) is 6.20 Å². The van der Waals surface area contributed by atoms with Crippen molar-refractivity contribution in [3.05, 3.63) is 18.2 Å². The van der Waals surface area contributed by atoms with Gasteiger partial charge >= 0.3 is 0 Å². The van der Waals surface area contributed by atoms with Gasteiger partial charge in [-0.2, -0.15) is 0 Å². The average Bonchev–Trinajstić information content (AvgIpc) is 2.66. The van der Waals surface area contributed by atoms with Gasteiger partial charge in [0.1, 0.15) is 11.6 Å². The molecule has 1 aromatic heterocycles. The number of aryl methyl sites for hydroxylation is 1. The Bertz CT molecular complexity index is 330. The SMILES string of the molecule is CCCn1ccnc1CC(=O)CC(C)CC. The third kappa shape index (κ3) is 3.80. The number of aromatic nitrogens is 2. The Labute approximate surface area is 97.9 Å². The van der Waals surface area contributed by atoms with Crippen LogP contribution in [0, 0.1) is 5.92 Å². The second-order valence-corrected chi connectivity index (χ2v) is 4.47. The molecule has 3 heteroatoms. The number of carbonyl (C=O) groups is 1. The minimum Gasteiger partial charge on any atom is -0.335 e. The Morgan fingerprint density at radius 3 is 2.88 bits per heavy atom. The second kappa shape index (κ2) is 6.46. The normalized spacial score (nSPS) is 12.7. The molecule has 1 rings (SSSR count). The molecule has 0 spiro atoms. The van der Waals surface area contributed by atoms with E-state index >= 15 is 0 Å². The van der Waals surface area contributed by atoms with Crippen LogP contribution < -0.4 is 0 Å². The molecule has 0 bridgehead atoms. The molecule has 0 aliphatic carbocycles. The first-order chi connectivity index (χ1) is 7.67. The summed E-state index contributed by atoms with van der Waals surface area (Å²) in [6.07, 6.45) is 7.03. The Hall–Kier alpha value is -1.12. The van der Waals surface area contributed by atoms with Crippen LogP contribution in [0.15, 0.2) is 12.4 Å². The summed E-state index contributed by atoms with van der Waals surface area (Å²) in [4.78, 5) is 16.0. The predicted molar refractivity (Wildman–Crippen MR) is 65.3 cm³/mol. The number of carbonyl (C=O) groups excluding carboxylic acids is 1. The number of ketones is 1. The van der Waals surface area contributed by atoms with Crippen LogP contribution in [0.1, 0.15) is 45.9 Å². The zero-order chi connectivity index (χ0) is 12.0. The van der Waals surface area contributed by atoms with Crippen LogP contribution in [0.3, 0.4) is 0 Å². The second-order valence-electron chi connectivity index (χ2n) is 4.47. The molecular formula is C13H22N2O. The molecular weight excluding hydrogens is 200 g/mol. The summed E-state index contributed by atoms with van der Waals surface area (Å²) in [6, 6.07) is 0. The molecule has 0 saturated heterocycles. The first kappa shape index (κ1) is 12.9. The van der Waals surface area contributed by atoms with E-state index in [1.54, 1.807) is 6.20 Å². The average molecular weight is 222 g/mol. The standard InChI is InChI=1S/C13H22N2O/c1-4-7-15-8-6-14-13(15)10-12(16)9-11(3)5-2/h6,8,11H,4-5,7,9-10H2,1-3H3. The molecule has 0 saturated carbocycles. The van der Waals surface area contributed by atoms with Crippen LogP contribution in [0.5, 0.6) is 0 Å². The number of hydrogen-bond donors (Lipinski definition) is 0. The molecule has 0 amide bonds. The highest BCUT2D eigenvalue weighted by Gasteiger charge is 2.11. The van der Waals surface area contributed by atoms with Gasteiger partial charge in [-0.05, 0) is 12.3 Å². The summed E-state index contributed by atoms with van der Waals surface area (Å²) in [5, 5.41) is 0. The van der Waals surface area contributed by atoms with Gasteiger partial charge in [-0.3, -0.25) is 4.79 Å². The highest BCUT2D eigenvalue weighted by molar-refractivity contribution is 5.80. The molecule has 1 unspecified atom stereocenters. The lowest BCUT2D eigenvalue weighted by atomic mass is 10.0. The summed E-state index contributed by atoms with van der Waals surface area (Å²) in [5.74, 6) is 1.70. The molecule has 1 aromatic rings. The van der Waals surface area contributed by atoms with Gasteiger partial charge in [0.05, 0.1) is 6.42 Å². The van der Waals surface area contributed by atoms with E-state index in [1.165, 1.54) is 0 Å². The van der Waals surface area contributed by atoms with E-state index in [0.717, 1.165) is 25.2 Å².